The number of fused-ring (bicyclic) bond motifs is 1. The van der Waals surface area contributed by atoms with E-state index in [1.807, 2.05) is 32.0 Å². The minimum Gasteiger partial charge on any atom is -0.481 e. The highest BCUT2D eigenvalue weighted by molar-refractivity contribution is 5.81. The normalized spacial score (nSPS) is 15.7. The molecule has 0 aromatic heterocycles. The van der Waals surface area contributed by atoms with Gasteiger partial charge in [-0.1, -0.05) is 37.3 Å². The molecule has 1 amide bonds. The molecular formula is C23H29NO2. The summed E-state index contributed by atoms with van der Waals surface area (Å²) < 4.78 is 6.05. The van der Waals surface area contributed by atoms with Crippen LogP contribution in [0.15, 0.2) is 42.5 Å². The van der Waals surface area contributed by atoms with E-state index in [0.717, 1.165) is 24.2 Å². The van der Waals surface area contributed by atoms with Crippen molar-refractivity contribution in [1.29, 1.82) is 0 Å². The third kappa shape index (κ3) is 4.27. The molecule has 0 radical (unpaired) electrons. The van der Waals surface area contributed by atoms with Crippen molar-refractivity contribution < 1.29 is 9.53 Å². The Kier molecular flexibility index (Phi) is 5.97. The summed E-state index contributed by atoms with van der Waals surface area (Å²) in [5.41, 5.74) is 5.13. The van der Waals surface area contributed by atoms with Crippen LogP contribution >= 0.6 is 0 Å². The first-order chi connectivity index (χ1) is 12.6. The Morgan fingerprint density at radius 3 is 2.58 bits per heavy atom. The van der Waals surface area contributed by atoms with Crippen LogP contribution in [-0.4, -0.2) is 12.0 Å². The fourth-order valence-electron chi connectivity index (χ4n) is 3.73. The predicted molar refractivity (Wildman–Crippen MR) is 106 cm³/mol. The molecule has 3 rings (SSSR count). The second kappa shape index (κ2) is 8.39. The molecule has 26 heavy (non-hydrogen) atoms. The molecule has 0 bridgehead atoms. The maximum absolute atomic E-state index is 12.7. The van der Waals surface area contributed by atoms with Crippen molar-refractivity contribution in [3.8, 4) is 5.75 Å². The van der Waals surface area contributed by atoms with Crippen molar-refractivity contribution in [2.45, 2.75) is 65.0 Å². The van der Waals surface area contributed by atoms with Gasteiger partial charge in [0, 0.05) is 0 Å². The Morgan fingerprint density at radius 2 is 1.85 bits per heavy atom. The average Bonchev–Trinajstić information content (AvgIpc) is 2.66. The van der Waals surface area contributed by atoms with Crippen molar-refractivity contribution in [2.75, 3.05) is 0 Å². The van der Waals surface area contributed by atoms with Gasteiger partial charge in [0.2, 0.25) is 0 Å². The fraction of sp³-hybridized carbons (Fsp3) is 0.435. The van der Waals surface area contributed by atoms with E-state index in [-0.39, 0.29) is 11.9 Å². The molecule has 1 N–H and O–H groups in total. The SMILES string of the molecule is CC[C@@H](Oc1ccc2c(c1)CCCC2)C(=O)N[C@H](C)c1ccccc1C. The molecule has 0 saturated carbocycles. The molecule has 1 aliphatic rings. The van der Waals surface area contributed by atoms with Crippen LogP contribution in [0.5, 0.6) is 5.75 Å². The zero-order chi connectivity index (χ0) is 18.5. The number of benzene rings is 2. The molecular weight excluding hydrogens is 322 g/mol. The molecule has 2 atom stereocenters. The van der Waals surface area contributed by atoms with E-state index in [1.165, 1.54) is 29.5 Å². The molecule has 1 aliphatic carbocycles. The number of nitrogens with one attached hydrogen (secondary N) is 1. The van der Waals surface area contributed by atoms with Crippen molar-refractivity contribution >= 4 is 5.91 Å². The van der Waals surface area contributed by atoms with Gasteiger partial charge in [0.25, 0.3) is 5.91 Å². The van der Waals surface area contributed by atoms with Gasteiger partial charge in [-0.3, -0.25) is 4.79 Å². The largest absolute Gasteiger partial charge is 0.481 e. The number of ether oxygens (including phenoxy) is 1. The number of hydrogen-bond donors (Lipinski definition) is 1. The minimum absolute atomic E-state index is 0.0371. The molecule has 0 unspecified atom stereocenters. The van der Waals surface area contributed by atoms with Crippen LogP contribution in [-0.2, 0) is 17.6 Å². The van der Waals surface area contributed by atoms with E-state index in [2.05, 4.69) is 36.5 Å². The second-order valence-electron chi connectivity index (χ2n) is 7.24. The van der Waals surface area contributed by atoms with Crippen LogP contribution in [0.1, 0.15) is 61.4 Å². The van der Waals surface area contributed by atoms with Crippen molar-refractivity contribution in [2.24, 2.45) is 0 Å². The summed E-state index contributed by atoms with van der Waals surface area (Å²) in [5.74, 6) is 0.747. The van der Waals surface area contributed by atoms with Crippen LogP contribution < -0.4 is 10.1 Å². The van der Waals surface area contributed by atoms with Gasteiger partial charge >= 0.3 is 0 Å². The molecule has 3 heteroatoms. The first-order valence-corrected chi connectivity index (χ1v) is 9.73. The van der Waals surface area contributed by atoms with E-state index in [9.17, 15) is 4.79 Å². The molecule has 0 aliphatic heterocycles. The highest BCUT2D eigenvalue weighted by atomic mass is 16.5. The Labute approximate surface area is 156 Å². The van der Waals surface area contributed by atoms with Crippen LogP contribution in [0.4, 0.5) is 0 Å². The van der Waals surface area contributed by atoms with Gasteiger partial charge in [-0.2, -0.15) is 0 Å². The van der Waals surface area contributed by atoms with Gasteiger partial charge < -0.3 is 10.1 Å². The van der Waals surface area contributed by atoms with E-state index in [4.69, 9.17) is 4.74 Å². The van der Waals surface area contributed by atoms with Crippen LogP contribution in [0.3, 0.4) is 0 Å². The predicted octanol–water partition coefficient (Wildman–Crippen LogP) is 4.91. The number of hydrogen-bond acceptors (Lipinski definition) is 2. The Hall–Kier alpha value is -2.29. The summed E-state index contributed by atoms with van der Waals surface area (Å²) >= 11 is 0. The number of amides is 1. The maximum Gasteiger partial charge on any atom is 0.261 e. The summed E-state index contributed by atoms with van der Waals surface area (Å²) in [6, 6.07) is 14.4. The standard InChI is InChI=1S/C23H29NO2/c1-4-22(23(25)24-17(3)21-12-8-5-9-16(21)2)26-20-14-13-18-10-6-7-11-19(18)15-20/h5,8-9,12-15,17,22H,4,6-7,10-11H2,1-3H3,(H,24,25)/t17-,22-/m1/s1. The first kappa shape index (κ1) is 18.5. The lowest BCUT2D eigenvalue weighted by molar-refractivity contribution is -0.128. The Balaban J connectivity index is 1.66. The number of rotatable bonds is 6. The van der Waals surface area contributed by atoms with Gasteiger partial charge in [-0.15, -0.1) is 0 Å². The van der Waals surface area contributed by atoms with Gasteiger partial charge in [0.05, 0.1) is 6.04 Å². The van der Waals surface area contributed by atoms with Gasteiger partial charge in [0.15, 0.2) is 6.10 Å². The van der Waals surface area contributed by atoms with E-state index in [1.54, 1.807) is 0 Å². The number of aryl methyl sites for hydroxylation is 3. The molecule has 3 nitrogen and oxygen atoms in total. The zero-order valence-electron chi connectivity index (χ0n) is 16.0. The van der Waals surface area contributed by atoms with Gasteiger partial charge in [-0.05, 0) is 80.3 Å². The zero-order valence-corrected chi connectivity index (χ0v) is 16.0. The van der Waals surface area contributed by atoms with E-state index in [0.29, 0.717) is 6.42 Å². The highest BCUT2D eigenvalue weighted by Gasteiger charge is 2.22. The molecule has 2 aromatic carbocycles. The molecule has 0 fully saturated rings. The highest BCUT2D eigenvalue weighted by Crippen LogP contribution is 2.26. The molecule has 138 valence electrons. The molecule has 0 heterocycles. The van der Waals surface area contributed by atoms with E-state index < -0.39 is 6.10 Å². The topological polar surface area (TPSA) is 38.3 Å². The quantitative estimate of drug-likeness (QED) is 0.803. The Bertz CT molecular complexity index is 769. The summed E-state index contributed by atoms with van der Waals surface area (Å²) in [6.07, 6.45) is 4.94. The second-order valence-corrected chi connectivity index (χ2v) is 7.24. The summed E-state index contributed by atoms with van der Waals surface area (Å²) in [5, 5.41) is 3.11. The molecule has 2 aromatic rings. The monoisotopic (exact) mass is 351 g/mol. The number of carbonyl (C=O) groups is 1. The Morgan fingerprint density at radius 1 is 1.12 bits per heavy atom. The van der Waals surface area contributed by atoms with Crippen molar-refractivity contribution in [3.63, 3.8) is 0 Å². The lowest BCUT2D eigenvalue weighted by atomic mass is 9.92. The lowest BCUT2D eigenvalue weighted by Crippen LogP contribution is -2.39. The van der Waals surface area contributed by atoms with E-state index >= 15 is 0 Å². The minimum atomic E-state index is -0.469. The molecule has 0 saturated heterocycles. The number of carbonyl (C=O) groups excluding carboxylic acids is 1. The van der Waals surface area contributed by atoms with Gasteiger partial charge in [0.1, 0.15) is 5.75 Å². The lowest BCUT2D eigenvalue weighted by Gasteiger charge is -2.23. The smallest absolute Gasteiger partial charge is 0.261 e. The van der Waals surface area contributed by atoms with Gasteiger partial charge in [-0.25, -0.2) is 0 Å². The average molecular weight is 351 g/mol. The van der Waals surface area contributed by atoms with Crippen LogP contribution in [0.2, 0.25) is 0 Å². The summed E-state index contributed by atoms with van der Waals surface area (Å²) in [4.78, 5) is 12.7. The fourth-order valence-corrected chi connectivity index (χ4v) is 3.73. The summed E-state index contributed by atoms with van der Waals surface area (Å²) in [6.45, 7) is 6.08. The summed E-state index contributed by atoms with van der Waals surface area (Å²) in [7, 11) is 0. The molecule has 0 spiro atoms. The van der Waals surface area contributed by atoms with Crippen LogP contribution in [0, 0.1) is 6.92 Å². The van der Waals surface area contributed by atoms with Crippen LogP contribution in [0.25, 0.3) is 0 Å². The first-order valence-electron chi connectivity index (χ1n) is 9.73. The third-order valence-electron chi connectivity index (χ3n) is 5.28. The van der Waals surface area contributed by atoms with Crippen molar-refractivity contribution in [1.82, 2.24) is 5.32 Å². The van der Waals surface area contributed by atoms with Crippen molar-refractivity contribution in [3.05, 3.63) is 64.7 Å². The third-order valence-corrected chi connectivity index (χ3v) is 5.28. The maximum atomic E-state index is 12.7.